The zero-order valence-electron chi connectivity index (χ0n) is 9.81. The molecule has 3 rings (SSSR count). The zero-order valence-corrected chi connectivity index (χ0v) is 12.2. The molecule has 1 aliphatic rings. The van der Waals surface area contributed by atoms with Gasteiger partial charge in [0.2, 0.25) is 5.91 Å². The summed E-state index contributed by atoms with van der Waals surface area (Å²) >= 11 is 5.06. The van der Waals surface area contributed by atoms with E-state index in [0.717, 1.165) is 26.2 Å². The number of hydrogen-bond acceptors (Lipinski definition) is 4. The molecule has 1 fully saturated rings. The number of carbonyl (C=O) groups excluding carboxylic acids is 1. The SMILES string of the molecule is CN1C(=O)CCC1Nc1nc2ccc(Br)cc2s1. The summed E-state index contributed by atoms with van der Waals surface area (Å²) in [6, 6.07) is 6.03. The predicted octanol–water partition coefficient (Wildman–Crippen LogP) is 3.05. The first-order chi connectivity index (χ1) is 8.63. The van der Waals surface area contributed by atoms with Crippen LogP contribution >= 0.6 is 27.3 Å². The molecule has 2 aromatic rings. The van der Waals surface area contributed by atoms with Gasteiger partial charge in [0.25, 0.3) is 0 Å². The summed E-state index contributed by atoms with van der Waals surface area (Å²) < 4.78 is 2.19. The van der Waals surface area contributed by atoms with Crippen LogP contribution in [0.25, 0.3) is 10.2 Å². The van der Waals surface area contributed by atoms with Crippen molar-refractivity contribution in [1.82, 2.24) is 9.88 Å². The molecule has 0 bridgehead atoms. The van der Waals surface area contributed by atoms with Gasteiger partial charge in [-0.15, -0.1) is 0 Å². The van der Waals surface area contributed by atoms with Crippen molar-refractivity contribution in [2.45, 2.75) is 19.0 Å². The number of rotatable bonds is 2. The second-order valence-electron chi connectivity index (χ2n) is 4.33. The zero-order chi connectivity index (χ0) is 12.7. The molecule has 2 heterocycles. The molecule has 1 amide bonds. The molecular weight excluding hydrogens is 314 g/mol. The third kappa shape index (κ3) is 2.10. The van der Waals surface area contributed by atoms with E-state index in [1.165, 1.54) is 0 Å². The number of halogens is 1. The molecule has 1 aliphatic heterocycles. The Balaban J connectivity index is 1.85. The minimum absolute atomic E-state index is 0.0708. The first-order valence-corrected chi connectivity index (χ1v) is 7.33. The van der Waals surface area contributed by atoms with Crippen LogP contribution in [-0.4, -0.2) is 29.0 Å². The van der Waals surface area contributed by atoms with Crippen LogP contribution in [0, 0.1) is 0 Å². The highest BCUT2D eigenvalue weighted by atomic mass is 79.9. The largest absolute Gasteiger partial charge is 0.341 e. The Bertz CT molecular complexity index is 612. The maximum absolute atomic E-state index is 11.5. The van der Waals surface area contributed by atoms with Crippen LogP contribution in [-0.2, 0) is 4.79 Å². The van der Waals surface area contributed by atoms with Crippen molar-refractivity contribution >= 4 is 48.5 Å². The third-order valence-corrected chi connectivity index (χ3v) is 4.58. The first kappa shape index (κ1) is 11.9. The highest BCUT2D eigenvalue weighted by Crippen LogP contribution is 2.30. The molecule has 1 N–H and O–H groups in total. The van der Waals surface area contributed by atoms with Crippen LogP contribution in [0.15, 0.2) is 22.7 Å². The molecule has 4 nitrogen and oxygen atoms in total. The normalized spacial score (nSPS) is 19.8. The maximum Gasteiger partial charge on any atom is 0.224 e. The van der Waals surface area contributed by atoms with E-state index >= 15 is 0 Å². The lowest BCUT2D eigenvalue weighted by Crippen LogP contribution is -2.34. The molecule has 1 atom stereocenters. The van der Waals surface area contributed by atoms with Crippen molar-refractivity contribution in [2.24, 2.45) is 0 Å². The topological polar surface area (TPSA) is 45.2 Å². The van der Waals surface area contributed by atoms with Gasteiger partial charge in [0, 0.05) is 17.9 Å². The third-order valence-electron chi connectivity index (χ3n) is 3.13. The van der Waals surface area contributed by atoms with Crippen LogP contribution in [0.1, 0.15) is 12.8 Å². The first-order valence-electron chi connectivity index (χ1n) is 5.72. The molecule has 1 aromatic heterocycles. The summed E-state index contributed by atoms with van der Waals surface area (Å²) in [6.45, 7) is 0. The second kappa shape index (κ2) is 4.51. The van der Waals surface area contributed by atoms with Gasteiger partial charge in [0.1, 0.15) is 6.17 Å². The number of nitrogens with zero attached hydrogens (tertiary/aromatic N) is 2. The van der Waals surface area contributed by atoms with Gasteiger partial charge >= 0.3 is 0 Å². The average molecular weight is 326 g/mol. The van der Waals surface area contributed by atoms with Crippen molar-refractivity contribution in [3.8, 4) is 0 Å². The molecule has 1 aromatic carbocycles. The predicted molar refractivity (Wildman–Crippen MR) is 76.7 cm³/mol. The Morgan fingerprint density at radius 2 is 2.39 bits per heavy atom. The maximum atomic E-state index is 11.5. The van der Waals surface area contributed by atoms with E-state index in [0.29, 0.717) is 6.42 Å². The van der Waals surface area contributed by atoms with E-state index in [1.54, 1.807) is 16.2 Å². The van der Waals surface area contributed by atoms with Crippen LogP contribution < -0.4 is 5.32 Å². The standard InChI is InChI=1S/C12H12BrN3OS/c1-16-10(4-5-11(16)17)15-12-14-8-3-2-7(13)6-9(8)18-12/h2-3,6,10H,4-5H2,1H3,(H,14,15). The summed E-state index contributed by atoms with van der Waals surface area (Å²) in [4.78, 5) is 17.7. The lowest BCUT2D eigenvalue weighted by Gasteiger charge is -2.20. The number of thiazole rings is 1. The minimum Gasteiger partial charge on any atom is -0.341 e. The van der Waals surface area contributed by atoms with Crippen molar-refractivity contribution in [1.29, 1.82) is 0 Å². The van der Waals surface area contributed by atoms with Gasteiger partial charge in [-0.05, 0) is 24.6 Å². The van der Waals surface area contributed by atoms with Gasteiger partial charge < -0.3 is 10.2 Å². The molecular formula is C12H12BrN3OS. The fraction of sp³-hybridized carbons (Fsp3) is 0.333. The van der Waals surface area contributed by atoms with E-state index < -0.39 is 0 Å². The number of aromatic nitrogens is 1. The number of anilines is 1. The van der Waals surface area contributed by atoms with E-state index in [1.807, 2.05) is 19.2 Å². The molecule has 0 aliphatic carbocycles. The monoisotopic (exact) mass is 325 g/mol. The van der Waals surface area contributed by atoms with Gasteiger partial charge in [-0.2, -0.15) is 0 Å². The number of likely N-dealkylation sites (tertiary alicyclic amines) is 1. The Morgan fingerprint density at radius 3 is 3.11 bits per heavy atom. The highest BCUT2D eigenvalue weighted by molar-refractivity contribution is 9.10. The Hall–Kier alpha value is -1.14. The second-order valence-corrected chi connectivity index (χ2v) is 6.28. The summed E-state index contributed by atoms with van der Waals surface area (Å²) in [5, 5.41) is 4.20. The van der Waals surface area contributed by atoms with Crippen molar-refractivity contribution in [2.75, 3.05) is 12.4 Å². The number of carbonyl (C=O) groups is 1. The Kier molecular flexibility index (Phi) is 2.99. The van der Waals surface area contributed by atoms with Crippen LogP contribution in [0.5, 0.6) is 0 Å². The molecule has 1 unspecified atom stereocenters. The number of fused-ring (bicyclic) bond motifs is 1. The van der Waals surface area contributed by atoms with Crippen molar-refractivity contribution in [3.05, 3.63) is 22.7 Å². The van der Waals surface area contributed by atoms with E-state index in [-0.39, 0.29) is 12.1 Å². The van der Waals surface area contributed by atoms with Gasteiger partial charge in [-0.3, -0.25) is 4.79 Å². The highest BCUT2D eigenvalue weighted by Gasteiger charge is 2.27. The molecule has 1 saturated heterocycles. The number of amides is 1. The molecule has 0 spiro atoms. The fourth-order valence-corrected chi connectivity index (χ4v) is 3.54. The summed E-state index contributed by atoms with van der Waals surface area (Å²) in [7, 11) is 1.83. The molecule has 0 radical (unpaired) electrons. The van der Waals surface area contributed by atoms with Crippen molar-refractivity contribution in [3.63, 3.8) is 0 Å². The van der Waals surface area contributed by atoms with Crippen LogP contribution in [0.4, 0.5) is 5.13 Å². The van der Waals surface area contributed by atoms with Crippen molar-refractivity contribution < 1.29 is 4.79 Å². The van der Waals surface area contributed by atoms with Gasteiger partial charge in [-0.25, -0.2) is 4.98 Å². The van der Waals surface area contributed by atoms with Gasteiger partial charge in [0.15, 0.2) is 5.13 Å². The number of hydrogen-bond donors (Lipinski definition) is 1. The van der Waals surface area contributed by atoms with E-state index in [9.17, 15) is 4.79 Å². The average Bonchev–Trinajstić information content (AvgIpc) is 2.86. The smallest absolute Gasteiger partial charge is 0.224 e. The quantitative estimate of drug-likeness (QED) is 0.923. The Labute approximate surface area is 117 Å². The molecule has 94 valence electrons. The Morgan fingerprint density at radius 1 is 1.56 bits per heavy atom. The van der Waals surface area contributed by atoms with E-state index in [2.05, 4.69) is 32.3 Å². The molecule has 18 heavy (non-hydrogen) atoms. The summed E-state index contributed by atoms with van der Waals surface area (Å²) in [5.74, 6) is 0.191. The molecule has 0 saturated carbocycles. The van der Waals surface area contributed by atoms with Crippen LogP contribution in [0.3, 0.4) is 0 Å². The van der Waals surface area contributed by atoms with Crippen LogP contribution in [0.2, 0.25) is 0 Å². The fourth-order valence-electron chi connectivity index (χ4n) is 2.08. The summed E-state index contributed by atoms with van der Waals surface area (Å²) in [5.41, 5.74) is 0.984. The number of benzene rings is 1. The lowest BCUT2D eigenvalue weighted by molar-refractivity contribution is -0.127. The van der Waals surface area contributed by atoms with Gasteiger partial charge in [0.05, 0.1) is 10.2 Å². The number of nitrogens with one attached hydrogen (secondary N) is 1. The van der Waals surface area contributed by atoms with E-state index in [4.69, 9.17) is 0 Å². The minimum atomic E-state index is 0.0708. The lowest BCUT2D eigenvalue weighted by atomic mass is 10.3. The summed E-state index contributed by atoms with van der Waals surface area (Å²) in [6.07, 6.45) is 1.53. The molecule has 6 heteroatoms. The van der Waals surface area contributed by atoms with Gasteiger partial charge in [-0.1, -0.05) is 27.3 Å².